The lowest BCUT2D eigenvalue weighted by atomic mass is 9.95. The Labute approximate surface area is 140 Å². The Hall–Kier alpha value is -2.61. The minimum Gasteiger partial charge on any atom is -0.341 e. The van der Waals surface area contributed by atoms with Crippen molar-refractivity contribution >= 4 is 17.5 Å². The second kappa shape index (κ2) is 7.78. The molecule has 0 saturated carbocycles. The fourth-order valence-corrected chi connectivity index (χ4v) is 2.84. The van der Waals surface area contributed by atoms with Crippen LogP contribution in [0.5, 0.6) is 0 Å². The van der Waals surface area contributed by atoms with E-state index in [0.717, 1.165) is 25.1 Å². The Morgan fingerprint density at radius 1 is 1.25 bits per heavy atom. The van der Waals surface area contributed by atoms with Gasteiger partial charge < -0.3 is 15.5 Å². The number of piperidine rings is 1. The van der Waals surface area contributed by atoms with E-state index in [9.17, 15) is 4.79 Å². The molecule has 2 aromatic rings. The van der Waals surface area contributed by atoms with Crippen molar-refractivity contribution in [1.82, 2.24) is 30.2 Å². The Kier molecular flexibility index (Phi) is 5.27. The standard InChI is InChI=1S/C16H21N7O/c1-17-10-16(24)23-6-2-3-12(11-23)13-7-19-9-15(21-13)22-14-8-18-4-5-20-14/h4-5,7-9,12,17H,2-3,6,10-11H2,1H3,(H,20,21,22). The molecule has 0 bridgehead atoms. The van der Waals surface area contributed by atoms with E-state index in [1.54, 1.807) is 38.0 Å². The highest BCUT2D eigenvalue weighted by Crippen LogP contribution is 2.26. The van der Waals surface area contributed by atoms with E-state index in [2.05, 4.69) is 30.6 Å². The fourth-order valence-electron chi connectivity index (χ4n) is 2.84. The first-order valence-electron chi connectivity index (χ1n) is 8.03. The summed E-state index contributed by atoms with van der Waals surface area (Å²) in [6.07, 6.45) is 10.3. The highest BCUT2D eigenvalue weighted by Gasteiger charge is 2.25. The number of likely N-dealkylation sites (N-methyl/N-ethyl adjacent to an activating group) is 1. The second-order valence-corrected chi connectivity index (χ2v) is 5.75. The number of hydrogen-bond acceptors (Lipinski definition) is 7. The molecule has 0 radical (unpaired) electrons. The zero-order valence-corrected chi connectivity index (χ0v) is 13.6. The summed E-state index contributed by atoms with van der Waals surface area (Å²) in [6, 6.07) is 0. The average Bonchev–Trinajstić information content (AvgIpc) is 2.63. The maximum absolute atomic E-state index is 12.1. The SMILES string of the molecule is CNCC(=O)N1CCCC(c2cncc(Nc3cnccn3)n2)C1. The molecule has 1 aliphatic heterocycles. The van der Waals surface area contributed by atoms with Crippen LogP contribution in [-0.4, -0.2) is 57.4 Å². The quantitative estimate of drug-likeness (QED) is 0.843. The molecule has 2 aromatic heterocycles. The summed E-state index contributed by atoms with van der Waals surface area (Å²) in [7, 11) is 1.78. The maximum atomic E-state index is 12.1. The van der Waals surface area contributed by atoms with Gasteiger partial charge in [0.15, 0.2) is 0 Å². The molecule has 0 spiro atoms. The third-order valence-electron chi connectivity index (χ3n) is 3.99. The Morgan fingerprint density at radius 2 is 2.12 bits per heavy atom. The van der Waals surface area contributed by atoms with Crippen LogP contribution in [0.2, 0.25) is 0 Å². The zero-order chi connectivity index (χ0) is 16.8. The third kappa shape index (κ3) is 4.02. The van der Waals surface area contributed by atoms with Crippen LogP contribution in [0, 0.1) is 0 Å². The van der Waals surface area contributed by atoms with E-state index in [1.807, 2.05) is 4.90 Å². The molecule has 8 heteroatoms. The van der Waals surface area contributed by atoms with Crippen LogP contribution >= 0.6 is 0 Å². The van der Waals surface area contributed by atoms with Crippen molar-refractivity contribution in [3.8, 4) is 0 Å². The fraction of sp³-hybridized carbons (Fsp3) is 0.438. The molecule has 1 atom stereocenters. The third-order valence-corrected chi connectivity index (χ3v) is 3.99. The Balaban J connectivity index is 1.70. The lowest BCUT2D eigenvalue weighted by Gasteiger charge is -2.32. The largest absolute Gasteiger partial charge is 0.341 e. The Bertz CT molecular complexity index is 679. The van der Waals surface area contributed by atoms with Crippen LogP contribution in [-0.2, 0) is 4.79 Å². The molecule has 1 unspecified atom stereocenters. The van der Waals surface area contributed by atoms with Gasteiger partial charge in [-0.2, -0.15) is 0 Å². The van der Waals surface area contributed by atoms with Gasteiger partial charge in [-0.15, -0.1) is 0 Å². The highest BCUT2D eigenvalue weighted by atomic mass is 16.2. The van der Waals surface area contributed by atoms with Crippen LogP contribution in [0.3, 0.4) is 0 Å². The minimum atomic E-state index is 0.129. The summed E-state index contributed by atoms with van der Waals surface area (Å²) in [6.45, 7) is 1.86. The number of carbonyl (C=O) groups is 1. The van der Waals surface area contributed by atoms with Crippen LogP contribution < -0.4 is 10.6 Å². The van der Waals surface area contributed by atoms with Gasteiger partial charge in [-0.3, -0.25) is 14.8 Å². The summed E-state index contributed by atoms with van der Waals surface area (Å²) in [5.74, 6) is 1.59. The average molecular weight is 327 g/mol. The molecular weight excluding hydrogens is 306 g/mol. The summed E-state index contributed by atoms with van der Waals surface area (Å²) in [5, 5.41) is 6.01. The molecule has 1 amide bonds. The number of hydrogen-bond donors (Lipinski definition) is 2. The van der Waals surface area contributed by atoms with Gasteiger partial charge in [-0.05, 0) is 19.9 Å². The molecule has 3 rings (SSSR count). The van der Waals surface area contributed by atoms with Crippen LogP contribution in [0.4, 0.5) is 11.6 Å². The van der Waals surface area contributed by atoms with Gasteiger partial charge >= 0.3 is 0 Å². The van der Waals surface area contributed by atoms with Gasteiger partial charge in [0.2, 0.25) is 5.91 Å². The topological polar surface area (TPSA) is 95.9 Å². The van der Waals surface area contributed by atoms with E-state index >= 15 is 0 Å². The van der Waals surface area contributed by atoms with Gasteiger partial charge in [0.05, 0.1) is 24.6 Å². The van der Waals surface area contributed by atoms with E-state index < -0.39 is 0 Å². The molecule has 2 N–H and O–H groups in total. The van der Waals surface area contributed by atoms with Gasteiger partial charge in [0.25, 0.3) is 0 Å². The van der Waals surface area contributed by atoms with Crippen molar-refractivity contribution in [2.24, 2.45) is 0 Å². The predicted molar refractivity (Wildman–Crippen MR) is 89.8 cm³/mol. The van der Waals surface area contributed by atoms with Crippen molar-refractivity contribution in [3.05, 3.63) is 36.7 Å². The van der Waals surface area contributed by atoms with Gasteiger partial charge in [-0.1, -0.05) is 0 Å². The zero-order valence-electron chi connectivity index (χ0n) is 13.6. The second-order valence-electron chi connectivity index (χ2n) is 5.75. The first kappa shape index (κ1) is 16.3. The first-order valence-corrected chi connectivity index (χ1v) is 8.03. The molecule has 0 aromatic carbocycles. The molecule has 3 heterocycles. The van der Waals surface area contributed by atoms with E-state index in [1.165, 1.54) is 0 Å². The number of carbonyl (C=O) groups excluding carboxylic acids is 1. The number of nitrogens with one attached hydrogen (secondary N) is 2. The van der Waals surface area contributed by atoms with Crippen molar-refractivity contribution in [3.63, 3.8) is 0 Å². The van der Waals surface area contributed by atoms with Crippen molar-refractivity contribution in [1.29, 1.82) is 0 Å². The molecule has 0 aliphatic carbocycles. The van der Waals surface area contributed by atoms with Gasteiger partial charge in [-0.25, -0.2) is 9.97 Å². The predicted octanol–water partition coefficient (Wildman–Crippen LogP) is 0.936. The van der Waals surface area contributed by atoms with Gasteiger partial charge in [0, 0.05) is 37.6 Å². The number of aromatic nitrogens is 4. The highest BCUT2D eigenvalue weighted by molar-refractivity contribution is 5.78. The minimum absolute atomic E-state index is 0.129. The summed E-state index contributed by atoms with van der Waals surface area (Å²) in [4.78, 5) is 31.1. The van der Waals surface area contributed by atoms with Crippen LogP contribution in [0.15, 0.2) is 31.0 Å². The lowest BCUT2D eigenvalue weighted by molar-refractivity contribution is -0.131. The molecule has 24 heavy (non-hydrogen) atoms. The molecule has 1 fully saturated rings. The maximum Gasteiger partial charge on any atom is 0.236 e. The molecule has 126 valence electrons. The van der Waals surface area contributed by atoms with Gasteiger partial charge in [0.1, 0.15) is 11.6 Å². The van der Waals surface area contributed by atoms with Crippen molar-refractivity contribution in [2.75, 3.05) is 32.0 Å². The Morgan fingerprint density at radius 3 is 2.92 bits per heavy atom. The normalized spacial score (nSPS) is 17.5. The molecule has 8 nitrogen and oxygen atoms in total. The monoisotopic (exact) mass is 327 g/mol. The lowest BCUT2D eigenvalue weighted by Crippen LogP contribution is -2.43. The first-order chi connectivity index (χ1) is 11.8. The summed E-state index contributed by atoms with van der Waals surface area (Å²) < 4.78 is 0. The smallest absolute Gasteiger partial charge is 0.236 e. The number of nitrogens with zero attached hydrogens (tertiary/aromatic N) is 5. The number of amides is 1. The molecular formula is C16H21N7O. The molecule has 1 aliphatic rings. The van der Waals surface area contributed by atoms with E-state index in [0.29, 0.717) is 24.7 Å². The number of anilines is 2. The summed E-state index contributed by atoms with van der Waals surface area (Å²) in [5.41, 5.74) is 0.894. The van der Waals surface area contributed by atoms with Crippen LogP contribution in [0.1, 0.15) is 24.5 Å². The number of likely N-dealkylation sites (tertiary alicyclic amines) is 1. The van der Waals surface area contributed by atoms with Crippen LogP contribution in [0.25, 0.3) is 0 Å². The molecule has 1 saturated heterocycles. The van der Waals surface area contributed by atoms with Crippen molar-refractivity contribution in [2.45, 2.75) is 18.8 Å². The van der Waals surface area contributed by atoms with E-state index in [4.69, 9.17) is 0 Å². The van der Waals surface area contributed by atoms with Crippen molar-refractivity contribution < 1.29 is 4.79 Å². The number of rotatable bonds is 5. The van der Waals surface area contributed by atoms with E-state index in [-0.39, 0.29) is 11.8 Å². The summed E-state index contributed by atoms with van der Waals surface area (Å²) >= 11 is 0.